The maximum atomic E-state index is 12.4. The molecular weight excluding hydrogens is 404 g/mol. The monoisotopic (exact) mass is 430 g/mol. The Labute approximate surface area is 181 Å². The summed E-state index contributed by atoms with van der Waals surface area (Å²) in [5, 5.41) is 8.93. The highest BCUT2D eigenvalue weighted by molar-refractivity contribution is 8.26. The van der Waals surface area contributed by atoms with Gasteiger partial charge in [0.05, 0.1) is 4.91 Å². The van der Waals surface area contributed by atoms with Gasteiger partial charge < -0.3 is 10.0 Å². The van der Waals surface area contributed by atoms with Crippen LogP contribution in [0.2, 0.25) is 0 Å². The van der Waals surface area contributed by atoms with Crippen LogP contribution in [-0.2, 0) is 9.59 Å². The summed E-state index contributed by atoms with van der Waals surface area (Å²) in [6, 6.07) is 8.26. The molecule has 0 atom stereocenters. The fourth-order valence-corrected chi connectivity index (χ4v) is 6.00. The zero-order chi connectivity index (χ0) is 20.4. The number of amides is 1. The van der Waals surface area contributed by atoms with Gasteiger partial charge in [-0.2, -0.15) is 0 Å². The van der Waals surface area contributed by atoms with Gasteiger partial charge in [-0.3, -0.25) is 14.5 Å². The summed E-state index contributed by atoms with van der Waals surface area (Å²) >= 11 is 6.30. The highest BCUT2D eigenvalue weighted by atomic mass is 32.2. The lowest BCUT2D eigenvalue weighted by Crippen LogP contribution is -2.41. The van der Waals surface area contributed by atoms with Crippen LogP contribution in [-0.4, -0.2) is 45.8 Å². The van der Waals surface area contributed by atoms with Gasteiger partial charge in [0.2, 0.25) is 0 Å². The van der Waals surface area contributed by atoms with E-state index in [9.17, 15) is 9.59 Å². The molecule has 1 aliphatic carbocycles. The Kier molecular flexibility index (Phi) is 5.97. The number of nitrogens with zero attached hydrogens (tertiary/aromatic N) is 2. The van der Waals surface area contributed by atoms with Crippen molar-refractivity contribution in [1.82, 2.24) is 4.90 Å². The predicted molar refractivity (Wildman–Crippen MR) is 121 cm³/mol. The minimum absolute atomic E-state index is 0.297. The van der Waals surface area contributed by atoms with E-state index >= 15 is 0 Å². The van der Waals surface area contributed by atoms with E-state index in [4.69, 9.17) is 17.3 Å². The molecule has 7 heteroatoms. The second kappa shape index (κ2) is 8.48. The van der Waals surface area contributed by atoms with Crippen LogP contribution in [0.1, 0.15) is 50.5 Å². The van der Waals surface area contributed by atoms with Crippen LogP contribution >= 0.6 is 24.0 Å². The minimum atomic E-state index is -1.07. The number of benzene rings is 1. The number of rotatable bonds is 4. The lowest BCUT2D eigenvalue weighted by molar-refractivity contribution is -0.140. The van der Waals surface area contributed by atoms with Crippen LogP contribution in [0, 0.1) is 5.41 Å². The third-order valence-corrected chi connectivity index (χ3v) is 7.84. The van der Waals surface area contributed by atoms with E-state index < -0.39 is 12.5 Å². The lowest BCUT2D eigenvalue weighted by atomic mass is 9.68. The number of thioether (sulfide) groups is 1. The Bertz CT molecular complexity index is 834. The quantitative estimate of drug-likeness (QED) is 0.560. The zero-order valence-electron chi connectivity index (χ0n) is 16.4. The van der Waals surface area contributed by atoms with Crippen LogP contribution in [0.3, 0.4) is 0 Å². The van der Waals surface area contributed by atoms with Crippen molar-refractivity contribution in [3.63, 3.8) is 0 Å². The van der Waals surface area contributed by atoms with Gasteiger partial charge in [0.1, 0.15) is 10.9 Å². The molecule has 2 saturated heterocycles. The number of hydrogen-bond donors (Lipinski definition) is 1. The second-order valence-electron chi connectivity index (χ2n) is 8.30. The predicted octanol–water partition coefficient (Wildman–Crippen LogP) is 4.52. The van der Waals surface area contributed by atoms with Crippen LogP contribution in [0.5, 0.6) is 0 Å². The molecule has 1 aromatic carbocycles. The molecule has 1 spiro atoms. The summed E-state index contributed by atoms with van der Waals surface area (Å²) in [5.41, 5.74) is 2.75. The number of anilines is 1. The number of carboxylic acids is 1. The van der Waals surface area contributed by atoms with Crippen molar-refractivity contribution in [2.24, 2.45) is 5.41 Å². The van der Waals surface area contributed by atoms with Gasteiger partial charge in [-0.1, -0.05) is 55.4 Å². The number of carbonyl (C=O) groups is 2. The van der Waals surface area contributed by atoms with Crippen molar-refractivity contribution >= 4 is 51.9 Å². The molecule has 0 unspecified atom stereocenters. The summed E-state index contributed by atoms with van der Waals surface area (Å²) in [6.07, 6.45) is 11.4. The first-order valence-electron chi connectivity index (χ1n) is 10.3. The number of aliphatic carboxylic acids is 1. The molecule has 0 aromatic heterocycles. The normalized spacial score (nSPS) is 23.2. The van der Waals surface area contributed by atoms with Crippen molar-refractivity contribution < 1.29 is 14.7 Å². The van der Waals surface area contributed by atoms with Crippen LogP contribution < -0.4 is 4.90 Å². The third kappa shape index (κ3) is 4.51. The van der Waals surface area contributed by atoms with E-state index in [1.165, 1.54) is 50.6 Å². The fraction of sp³-hybridized carbons (Fsp3) is 0.500. The van der Waals surface area contributed by atoms with Gasteiger partial charge >= 0.3 is 5.97 Å². The molecule has 1 amide bonds. The maximum absolute atomic E-state index is 12.4. The summed E-state index contributed by atoms with van der Waals surface area (Å²) in [7, 11) is 0. The van der Waals surface area contributed by atoms with E-state index in [1.54, 1.807) is 6.08 Å². The molecule has 5 nitrogen and oxygen atoms in total. The molecule has 29 heavy (non-hydrogen) atoms. The highest BCUT2D eigenvalue weighted by Gasteiger charge is 2.36. The molecule has 2 aliphatic heterocycles. The number of piperidine rings is 1. The van der Waals surface area contributed by atoms with Gasteiger partial charge in [-0.05, 0) is 54.9 Å². The average molecular weight is 431 g/mol. The molecule has 3 fully saturated rings. The fourth-order valence-electron chi connectivity index (χ4n) is 4.75. The second-order valence-corrected chi connectivity index (χ2v) is 9.98. The highest BCUT2D eigenvalue weighted by Crippen LogP contribution is 2.45. The Balaban J connectivity index is 1.40. The Morgan fingerprint density at radius 2 is 1.76 bits per heavy atom. The smallest absolute Gasteiger partial charge is 0.323 e. The summed E-state index contributed by atoms with van der Waals surface area (Å²) in [6.45, 7) is 1.85. The third-order valence-electron chi connectivity index (χ3n) is 6.46. The molecule has 154 valence electrons. The van der Waals surface area contributed by atoms with Gasteiger partial charge in [0, 0.05) is 18.8 Å². The van der Waals surface area contributed by atoms with E-state index in [-0.39, 0.29) is 5.91 Å². The topological polar surface area (TPSA) is 60.9 Å². The lowest BCUT2D eigenvalue weighted by Gasteiger charge is -2.45. The summed E-state index contributed by atoms with van der Waals surface area (Å²) in [4.78, 5) is 27.4. The number of carbonyl (C=O) groups excluding carboxylic acids is 1. The van der Waals surface area contributed by atoms with Gasteiger partial charge in [-0.25, -0.2) is 0 Å². The first kappa shape index (κ1) is 20.4. The molecule has 0 bridgehead atoms. The van der Waals surface area contributed by atoms with Crippen LogP contribution in [0.4, 0.5) is 5.69 Å². The first-order chi connectivity index (χ1) is 14.0. The van der Waals surface area contributed by atoms with Crippen LogP contribution in [0.15, 0.2) is 29.2 Å². The Morgan fingerprint density at radius 3 is 2.38 bits per heavy atom. The van der Waals surface area contributed by atoms with E-state index in [2.05, 4.69) is 17.0 Å². The molecular formula is C22H26N2O3S2. The molecule has 1 saturated carbocycles. The average Bonchev–Trinajstić information content (AvgIpc) is 2.97. The van der Waals surface area contributed by atoms with Gasteiger partial charge in [-0.15, -0.1) is 0 Å². The largest absolute Gasteiger partial charge is 0.480 e. The molecule has 1 N–H and O–H groups in total. The maximum Gasteiger partial charge on any atom is 0.323 e. The van der Waals surface area contributed by atoms with Gasteiger partial charge in [0.25, 0.3) is 5.91 Å². The van der Waals surface area contributed by atoms with Gasteiger partial charge in [0.15, 0.2) is 0 Å². The zero-order valence-corrected chi connectivity index (χ0v) is 18.1. The minimum Gasteiger partial charge on any atom is -0.480 e. The summed E-state index contributed by atoms with van der Waals surface area (Å²) < 4.78 is 0.297. The number of hydrogen-bond acceptors (Lipinski definition) is 5. The van der Waals surface area contributed by atoms with E-state index in [1.807, 2.05) is 12.1 Å². The Hall–Kier alpha value is -1.86. The van der Waals surface area contributed by atoms with Crippen molar-refractivity contribution in [2.75, 3.05) is 24.5 Å². The molecule has 3 aliphatic rings. The van der Waals surface area contributed by atoms with Crippen molar-refractivity contribution in [2.45, 2.75) is 44.9 Å². The standard InChI is InChI=1S/C22H26N2O3S2/c25-19(26)15-24-20(27)18(29-21(24)28)14-16-4-6-17(7-5-16)23-12-10-22(11-13-23)8-2-1-3-9-22/h4-7,14H,1-3,8-13,15H2,(H,25,26). The number of carboxylic acid groups (broad SMARTS) is 1. The van der Waals surface area contributed by atoms with E-state index in [0.717, 1.165) is 35.3 Å². The van der Waals surface area contributed by atoms with E-state index in [0.29, 0.717) is 14.6 Å². The summed E-state index contributed by atoms with van der Waals surface area (Å²) in [5.74, 6) is -1.40. The number of thiocarbonyl (C=S) groups is 1. The van der Waals surface area contributed by atoms with Crippen molar-refractivity contribution in [1.29, 1.82) is 0 Å². The first-order valence-corrected chi connectivity index (χ1v) is 11.5. The molecule has 0 radical (unpaired) electrons. The SMILES string of the molecule is O=C(O)CN1C(=O)C(=Cc2ccc(N3CCC4(CCCCC4)CC3)cc2)SC1=S. The van der Waals surface area contributed by atoms with Crippen molar-refractivity contribution in [3.05, 3.63) is 34.7 Å². The van der Waals surface area contributed by atoms with Crippen molar-refractivity contribution in [3.8, 4) is 0 Å². The molecule has 4 rings (SSSR count). The van der Waals surface area contributed by atoms with Crippen LogP contribution in [0.25, 0.3) is 6.08 Å². The molecule has 1 aromatic rings. The molecule has 2 heterocycles. The Morgan fingerprint density at radius 1 is 1.10 bits per heavy atom.